The van der Waals surface area contributed by atoms with Gasteiger partial charge in [-0.05, 0) is 20.3 Å². The number of hydrogen-bond acceptors (Lipinski definition) is 4. The molecule has 0 bridgehead atoms. The number of likely N-dealkylation sites (tertiary alicyclic amines) is 1. The van der Waals surface area contributed by atoms with Crippen molar-refractivity contribution in [3.8, 4) is 11.3 Å². The molecule has 1 aromatic carbocycles. The van der Waals surface area contributed by atoms with E-state index in [1.807, 2.05) is 31.2 Å². The molecular weight excluding hydrogens is 296 g/mol. The van der Waals surface area contributed by atoms with Crippen molar-refractivity contribution in [2.75, 3.05) is 6.54 Å². The summed E-state index contributed by atoms with van der Waals surface area (Å²) in [6, 6.07) is 7.26. The summed E-state index contributed by atoms with van der Waals surface area (Å²) in [6.45, 7) is 4.15. The van der Waals surface area contributed by atoms with Gasteiger partial charge >= 0.3 is 5.97 Å². The Morgan fingerprint density at radius 1 is 1.30 bits per heavy atom. The van der Waals surface area contributed by atoms with Crippen LogP contribution in [0.3, 0.4) is 0 Å². The Kier molecular flexibility index (Phi) is 3.90. The van der Waals surface area contributed by atoms with Crippen LogP contribution in [0, 0.1) is 12.8 Å². The minimum absolute atomic E-state index is 0.228. The normalized spacial score (nSPS) is 20.7. The summed E-state index contributed by atoms with van der Waals surface area (Å²) >= 11 is 0. The molecule has 1 aliphatic heterocycles. The maximum absolute atomic E-state index is 12.8. The van der Waals surface area contributed by atoms with E-state index in [1.54, 1.807) is 11.8 Å². The maximum Gasteiger partial charge on any atom is 0.308 e. The molecule has 0 radical (unpaired) electrons. The SMILES string of the molecule is Cc1ccc(-c2ocnc2C(=O)N2CCC(C(=O)O)C2C)cc1. The Morgan fingerprint density at radius 3 is 2.61 bits per heavy atom. The zero-order valence-corrected chi connectivity index (χ0v) is 13.0. The van der Waals surface area contributed by atoms with E-state index >= 15 is 0 Å². The number of benzene rings is 1. The van der Waals surface area contributed by atoms with Gasteiger partial charge in [-0.15, -0.1) is 0 Å². The number of oxazole rings is 1. The monoisotopic (exact) mass is 314 g/mol. The van der Waals surface area contributed by atoms with E-state index in [0.717, 1.165) is 11.1 Å². The number of aromatic nitrogens is 1. The fourth-order valence-electron chi connectivity index (χ4n) is 3.00. The zero-order chi connectivity index (χ0) is 16.6. The first-order valence-corrected chi connectivity index (χ1v) is 7.53. The number of carbonyl (C=O) groups is 2. The highest BCUT2D eigenvalue weighted by Gasteiger charge is 2.39. The van der Waals surface area contributed by atoms with Crippen LogP contribution in [0.2, 0.25) is 0 Å². The van der Waals surface area contributed by atoms with E-state index in [2.05, 4.69) is 4.98 Å². The zero-order valence-electron chi connectivity index (χ0n) is 13.0. The first-order chi connectivity index (χ1) is 11.0. The third-order valence-electron chi connectivity index (χ3n) is 4.42. The Balaban J connectivity index is 1.89. The molecule has 2 atom stereocenters. The number of amides is 1. The van der Waals surface area contributed by atoms with Gasteiger partial charge in [0.1, 0.15) is 0 Å². The second kappa shape index (κ2) is 5.87. The highest BCUT2D eigenvalue weighted by molar-refractivity contribution is 5.98. The average Bonchev–Trinajstić information content (AvgIpc) is 3.14. The lowest BCUT2D eigenvalue weighted by molar-refractivity contribution is -0.142. The minimum atomic E-state index is -0.869. The molecule has 3 rings (SSSR count). The van der Waals surface area contributed by atoms with Crippen molar-refractivity contribution < 1.29 is 19.1 Å². The molecule has 0 spiro atoms. The minimum Gasteiger partial charge on any atom is -0.481 e. The van der Waals surface area contributed by atoms with Crippen molar-refractivity contribution in [1.82, 2.24) is 9.88 Å². The Labute approximate surface area is 133 Å². The van der Waals surface area contributed by atoms with Gasteiger partial charge < -0.3 is 14.4 Å². The number of rotatable bonds is 3. The van der Waals surface area contributed by atoms with Gasteiger partial charge in [0.05, 0.1) is 5.92 Å². The first kappa shape index (κ1) is 15.3. The van der Waals surface area contributed by atoms with Gasteiger partial charge in [0.25, 0.3) is 5.91 Å². The fourth-order valence-corrected chi connectivity index (χ4v) is 3.00. The molecule has 1 fully saturated rings. The van der Waals surface area contributed by atoms with Gasteiger partial charge in [0, 0.05) is 18.2 Å². The number of aryl methyl sites for hydroxylation is 1. The summed E-state index contributed by atoms with van der Waals surface area (Å²) < 4.78 is 5.41. The quantitative estimate of drug-likeness (QED) is 0.941. The molecule has 6 nitrogen and oxygen atoms in total. The van der Waals surface area contributed by atoms with E-state index in [0.29, 0.717) is 18.7 Å². The van der Waals surface area contributed by atoms with E-state index in [1.165, 1.54) is 6.39 Å². The second-order valence-electron chi connectivity index (χ2n) is 5.87. The highest BCUT2D eigenvalue weighted by atomic mass is 16.4. The topological polar surface area (TPSA) is 83.6 Å². The van der Waals surface area contributed by atoms with Gasteiger partial charge in [-0.1, -0.05) is 29.8 Å². The van der Waals surface area contributed by atoms with Crippen molar-refractivity contribution in [2.24, 2.45) is 5.92 Å². The molecule has 120 valence electrons. The van der Waals surface area contributed by atoms with Crippen molar-refractivity contribution in [2.45, 2.75) is 26.3 Å². The number of carboxylic acid groups (broad SMARTS) is 1. The molecule has 2 unspecified atom stereocenters. The Morgan fingerprint density at radius 2 is 2.00 bits per heavy atom. The van der Waals surface area contributed by atoms with Gasteiger partial charge in [-0.2, -0.15) is 0 Å². The average molecular weight is 314 g/mol. The standard InChI is InChI=1S/C17H18N2O4/c1-10-3-5-12(6-4-10)15-14(18-9-23-15)16(20)19-8-7-13(11(19)2)17(21)22/h3-6,9,11,13H,7-8H2,1-2H3,(H,21,22). The third-order valence-corrected chi connectivity index (χ3v) is 4.42. The van der Waals surface area contributed by atoms with Crippen LogP contribution in [0.4, 0.5) is 0 Å². The van der Waals surface area contributed by atoms with E-state index in [4.69, 9.17) is 4.42 Å². The van der Waals surface area contributed by atoms with Gasteiger partial charge in [-0.3, -0.25) is 9.59 Å². The van der Waals surface area contributed by atoms with Crippen molar-refractivity contribution >= 4 is 11.9 Å². The van der Waals surface area contributed by atoms with Gasteiger partial charge in [0.15, 0.2) is 17.8 Å². The van der Waals surface area contributed by atoms with Crippen LogP contribution < -0.4 is 0 Å². The van der Waals surface area contributed by atoms with Crippen molar-refractivity contribution in [1.29, 1.82) is 0 Å². The summed E-state index contributed by atoms with van der Waals surface area (Å²) in [5.74, 6) is -1.27. The summed E-state index contributed by atoms with van der Waals surface area (Å²) in [5.41, 5.74) is 2.11. The molecule has 1 aromatic heterocycles. The molecule has 1 saturated heterocycles. The largest absolute Gasteiger partial charge is 0.481 e. The van der Waals surface area contributed by atoms with Crippen LogP contribution in [0.5, 0.6) is 0 Å². The lowest BCUT2D eigenvalue weighted by atomic mass is 10.0. The van der Waals surface area contributed by atoms with Gasteiger partial charge in [-0.25, -0.2) is 4.98 Å². The van der Waals surface area contributed by atoms with E-state index in [-0.39, 0.29) is 17.6 Å². The predicted molar refractivity (Wildman–Crippen MR) is 82.9 cm³/mol. The molecule has 1 N–H and O–H groups in total. The van der Waals surface area contributed by atoms with Gasteiger partial charge in [0.2, 0.25) is 0 Å². The van der Waals surface area contributed by atoms with Crippen molar-refractivity contribution in [3.63, 3.8) is 0 Å². The van der Waals surface area contributed by atoms with Crippen molar-refractivity contribution in [3.05, 3.63) is 41.9 Å². The number of nitrogens with zero attached hydrogens (tertiary/aromatic N) is 2. The van der Waals surface area contributed by atoms with E-state index in [9.17, 15) is 14.7 Å². The van der Waals surface area contributed by atoms with Crippen LogP contribution in [-0.4, -0.2) is 39.5 Å². The summed E-state index contributed by atoms with van der Waals surface area (Å²) in [6.07, 6.45) is 1.71. The molecule has 6 heteroatoms. The predicted octanol–water partition coefficient (Wildman–Crippen LogP) is 2.59. The molecular formula is C17H18N2O4. The lowest BCUT2D eigenvalue weighted by Gasteiger charge is -2.22. The summed E-state index contributed by atoms with van der Waals surface area (Å²) in [7, 11) is 0. The number of hydrogen-bond donors (Lipinski definition) is 1. The molecule has 0 saturated carbocycles. The summed E-state index contributed by atoms with van der Waals surface area (Å²) in [5, 5.41) is 9.20. The van der Waals surface area contributed by atoms with Crippen LogP contribution in [0.1, 0.15) is 29.4 Å². The van der Waals surface area contributed by atoms with Crippen LogP contribution in [0.15, 0.2) is 35.1 Å². The molecule has 1 aliphatic rings. The third kappa shape index (κ3) is 2.72. The molecule has 2 heterocycles. The second-order valence-corrected chi connectivity index (χ2v) is 5.87. The Hall–Kier alpha value is -2.63. The summed E-state index contributed by atoms with van der Waals surface area (Å²) in [4.78, 5) is 29.6. The lowest BCUT2D eigenvalue weighted by Crippen LogP contribution is -2.38. The maximum atomic E-state index is 12.8. The van der Waals surface area contributed by atoms with Crippen LogP contribution in [0.25, 0.3) is 11.3 Å². The Bertz CT molecular complexity index is 735. The fraction of sp³-hybridized carbons (Fsp3) is 0.353. The molecule has 1 amide bonds. The smallest absolute Gasteiger partial charge is 0.308 e. The first-order valence-electron chi connectivity index (χ1n) is 7.53. The highest BCUT2D eigenvalue weighted by Crippen LogP contribution is 2.29. The van der Waals surface area contributed by atoms with Crippen LogP contribution >= 0.6 is 0 Å². The molecule has 0 aliphatic carbocycles. The number of aliphatic carboxylic acids is 1. The van der Waals surface area contributed by atoms with E-state index < -0.39 is 11.9 Å². The molecule has 2 aromatic rings. The number of carbonyl (C=O) groups excluding carboxylic acids is 1. The molecule has 23 heavy (non-hydrogen) atoms. The van der Waals surface area contributed by atoms with Crippen LogP contribution in [-0.2, 0) is 4.79 Å². The number of carboxylic acids is 1.